The Hall–Kier alpha value is -2.05. The molecule has 0 N–H and O–H groups in total. The molecule has 2 aromatic carbocycles. The van der Waals surface area contributed by atoms with Crippen LogP contribution in [0, 0.1) is 0 Å². The number of benzene rings is 2. The minimum absolute atomic E-state index is 0.145. The Morgan fingerprint density at radius 1 is 1.04 bits per heavy atom. The van der Waals surface area contributed by atoms with Gasteiger partial charge in [0, 0.05) is 43.5 Å². The van der Waals surface area contributed by atoms with Crippen molar-refractivity contribution in [3.63, 3.8) is 0 Å². The molecule has 25 heavy (non-hydrogen) atoms. The minimum Gasteiger partial charge on any atom is -0.378 e. The number of amides is 1. The maximum absolute atomic E-state index is 12.6. The number of hydrogen-bond donors (Lipinski definition) is 0. The molecular formula is C18H19ClN2O3S. The van der Waals surface area contributed by atoms with E-state index in [2.05, 4.69) is 0 Å². The van der Waals surface area contributed by atoms with Crippen LogP contribution in [0.25, 0.3) is 0 Å². The molecule has 2 aromatic rings. The Bertz CT molecular complexity index is 872. The second kappa shape index (κ2) is 6.69. The number of rotatable bonds is 4. The molecule has 1 heterocycles. The van der Waals surface area contributed by atoms with Crippen LogP contribution in [0.2, 0.25) is 5.02 Å². The van der Waals surface area contributed by atoms with E-state index in [1.54, 1.807) is 29.2 Å². The average Bonchev–Trinajstić information content (AvgIpc) is 2.53. The van der Waals surface area contributed by atoms with Crippen molar-refractivity contribution in [2.24, 2.45) is 0 Å². The van der Waals surface area contributed by atoms with E-state index in [-0.39, 0.29) is 23.9 Å². The van der Waals surface area contributed by atoms with Crippen LogP contribution in [0.15, 0.2) is 53.4 Å². The Kier molecular flexibility index (Phi) is 4.75. The lowest BCUT2D eigenvalue weighted by molar-refractivity contribution is 0.0659. The van der Waals surface area contributed by atoms with Crippen LogP contribution < -0.4 is 4.90 Å². The third-order valence-corrected chi connectivity index (χ3v) is 6.70. The van der Waals surface area contributed by atoms with E-state index >= 15 is 0 Å². The van der Waals surface area contributed by atoms with Gasteiger partial charge in [-0.1, -0.05) is 11.6 Å². The van der Waals surface area contributed by atoms with Crippen LogP contribution in [0.5, 0.6) is 0 Å². The van der Waals surface area contributed by atoms with Gasteiger partial charge in [-0.2, -0.15) is 0 Å². The van der Waals surface area contributed by atoms with Crippen molar-refractivity contribution in [2.75, 3.05) is 32.1 Å². The second-order valence-corrected chi connectivity index (χ2v) is 8.94. The molecule has 0 aromatic heterocycles. The molecule has 5 nitrogen and oxygen atoms in total. The fourth-order valence-electron chi connectivity index (χ4n) is 2.70. The van der Waals surface area contributed by atoms with Crippen LogP contribution in [-0.2, 0) is 9.84 Å². The lowest BCUT2D eigenvalue weighted by Crippen LogP contribution is -2.56. The number of likely N-dealkylation sites (tertiary alicyclic amines) is 1. The molecule has 0 atom stereocenters. The lowest BCUT2D eigenvalue weighted by Gasteiger charge is -2.38. The van der Waals surface area contributed by atoms with Crippen LogP contribution in [0.3, 0.4) is 0 Å². The van der Waals surface area contributed by atoms with Gasteiger partial charge < -0.3 is 9.80 Å². The minimum atomic E-state index is -3.44. The SMILES string of the molecule is CN(C)c1ccc(C(=O)N2CC(S(=O)(=O)c3ccc(Cl)cc3)C2)cc1. The van der Waals surface area contributed by atoms with Crippen molar-refractivity contribution in [1.82, 2.24) is 4.90 Å². The summed E-state index contributed by atoms with van der Waals surface area (Å²) in [5.74, 6) is -0.145. The summed E-state index contributed by atoms with van der Waals surface area (Å²) in [6, 6.07) is 13.4. The van der Waals surface area contributed by atoms with E-state index in [0.29, 0.717) is 10.6 Å². The summed E-state index contributed by atoms with van der Waals surface area (Å²) >= 11 is 5.80. The first-order valence-electron chi connectivity index (χ1n) is 7.85. The molecule has 1 aliphatic rings. The fourth-order valence-corrected chi connectivity index (χ4v) is 4.48. The van der Waals surface area contributed by atoms with E-state index in [1.807, 2.05) is 31.1 Å². The first kappa shape index (κ1) is 17.8. The first-order chi connectivity index (χ1) is 11.8. The summed E-state index contributed by atoms with van der Waals surface area (Å²) in [6.45, 7) is 0.415. The summed E-state index contributed by atoms with van der Waals surface area (Å²) < 4.78 is 25.1. The van der Waals surface area contributed by atoms with E-state index in [9.17, 15) is 13.2 Å². The number of anilines is 1. The molecule has 0 unspecified atom stereocenters. The fraction of sp³-hybridized carbons (Fsp3) is 0.278. The van der Waals surface area contributed by atoms with Gasteiger partial charge in [0.05, 0.1) is 4.90 Å². The molecule has 132 valence electrons. The van der Waals surface area contributed by atoms with Crippen LogP contribution in [0.1, 0.15) is 10.4 Å². The number of carbonyl (C=O) groups is 1. The smallest absolute Gasteiger partial charge is 0.253 e. The van der Waals surface area contributed by atoms with Gasteiger partial charge in [-0.15, -0.1) is 0 Å². The van der Waals surface area contributed by atoms with Crippen molar-refractivity contribution >= 4 is 33.0 Å². The predicted molar refractivity (Wildman–Crippen MR) is 99.1 cm³/mol. The Morgan fingerprint density at radius 2 is 1.60 bits per heavy atom. The first-order valence-corrected chi connectivity index (χ1v) is 9.77. The van der Waals surface area contributed by atoms with Gasteiger partial charge in [-0.05, 0) is 48.5 Å². The molecule has 1 aliphatic heterocycles. The van der Waals surface area contributed by atoms with Crippen molar-refractivity contribution in [3.8, 4) is 0 Å². The molecule has 7 heteroatoms. The highest BCUT2D eigenvalue weighted by molar-refractivity contribution is 7.92. The number of halogens is 1. The van der Waals surface area contributed by atoms with Gasteiger partial charge in [0.15, 0.2) is 9.84 Å². The zero-order valence-corrected chi connectivity index (χ0v) is 15.6. The maximum atomic E-state index is 12.6. The third-order valence-electron chi connectivity index (χ3n) is 4.35. The monoisotopic (exact) mass is 378 g/mol. The summed E-state index contributed by atoms with van der Waals surface area (Å²) in [6.07, 6.45) is 0. The Labute approximate surface area is 152 Å². The molecular weight excluding hydrogens is 360 g/mol. The number of nitrogens with zero attached hydrogens (tertiary/aromatic N) is 2. The normalized spacial score (nSPS) is 14.9. The molecule has 0 bridgehead atoms. The van der Waals surface area contributed by atoms with E-state index < -0.39 is 15.1 Å². The standard InChI is InChI=1S/C18H19ClN2O3S/c1-20(2)15-7-3-13(4-8-15)18(22)21-11-17(12-21)25(23,24)16-9-5-14(19)6-10-16/h3-10,17H,11-12H2,1-2H3. The molecule has 1 saturated heterocycles. The van der Waals surface area contributed by atoms with Gasteiger partial charge in [0.2, 0.25) is 0 Å². The lowest BCUT2D eigenvalue weighted by atomic mass is 10.1. The van der Waals surface area contributed by atoms with Gasteiger partial charge in [0.25, 0.3) is 5.91 Å². The summed E-state index contributed by atoms with van der Waals surface area (Å²) in [4.78, 5) is 16.2. The number of carbonyl (C=O) groups excluding carboxylic acids is 1. The van der Waals surface area contributed by atoms with Gasteiger partial charge in [0.1, 0.15) is 5.25 Å². The van der Waals surface area contributed by atoms with E-state index in [1.165, 1.54) is 12.1 Å². The van der Waals surface area contributed by atoms with Crippen LogP contribution in [-0.4, -0.2) is 51.7 Å². The molecule has 0 radical (unpaired) electrons. The van der Waals surface area contributed by atoms with Crippen molar-refractivity contribution in [2.45, 2.75) is 10.1 Å². The average molecular weight is 379 g/mol. The van der Waals surface area contributed by atoms with Crippen molar-refractivity contribution < 1.29 is 13.2 Å². The predicted octanol–water partition coefficient (Wildman–Crippen LogP) is 2.70. The molecule has 0 aliphatic carbocycles. The molecule has 0 saturated carbocycles. The van der Waals surface area contributed by atoms with Crippen LogP contribution >= 0.6 is 11.6 Å². The third kappa shape index (κ3) is 3.50. The summed E-state index contributed by atoms with van der Waals surface area (Å²) in [5, 5.41) is -0.0794. The highest BCUT2D eigenvalue weighted by Gasteiger charge is 2.40. The van der Waals surface area contributed by atoms with E-state index in [0.717, 1.165) is 5.69 Å². The second-order valence-electron chi connectivity index (χ2n) is 6.27. The quantitative estimate of drug-likeness (QED) is 0.820. The van der Waals surface area contributed by atoms with Crippen molar-refractivity contribution in [3.05, 3.63) is 59.1 Å². The summed E-state index contributed by atoms with van der Waals surface area (Å²) in [7, 11) is 0.413. The highest BCUT2D eigenvalue weighted by atomic mass is 35.5. The highest BCUT2D eigenvalue weighted by Crippen LogP contribution is 2.26. The van der Waals surface area contributed by atoms with E-state index in [4.69, 9.17) is 11.6 Å². The Morgan fingerprint density at radius 3 is 2.12 bits per heavy atom. The van der Waals surface area contributed by atoms with Gasteiger partial charge in [-0.3, -0.25) is 4.79 Å². The van der Waals surface area contributed by atoms with Crippen molar-refractivity contribution in [1.29, 1.82) is 0 Å². The number of sulfone groups is 1. The molecule has 0 spiro atoms. The zero-order chi connectivity index (χ0) is 18.2. The molecule has 3 rings (SSSR count). The van der Waals surface area contributed by atoms with Gasteiger partial charge >= 0.3 is 0 Å². The zero-order valence-electron chi connectivity index (χ0n) is 14.0. The van der Waals surface area contributed by atoms with Gasteiger partial charge in [-0.25, -0.2) is 8.42 Å². The van der Waals surface area contributed by atoms with Crippen LogP contribution in [0.4, 0.5) is 5.69 Å². The Balaban J connectivity index is 1.67. The summed E-state index contributed by atoms with van der Waals surface area (Å²) in [5.41, 5.74) is 1.57. The molecule has 1 amide bonds. The molecule has 1 fully saturated rings. The maximum Gasteiger partial charge on any atom is 0.253 e. The largest absolute Gasteiger partial charge is 0.378 e. The number of hydrogen-bond acceptors (Lipinski definition) is 4. The topological polar surface area (TPSA) is 57.7 Å².